The van der Waals surface area contributed by atoms with Crippen LogP contribution in [0.25, 0.3) is 11.1 Å². The van der Waals surface area contributed by atoms with Gasteiger partial charge >= 0.3 is 11.9 Å². The first-order chi connectivity index (χ1) is 8.61. The third kappa shape index (κ3) is 2.06. The lowest BCUT2D eigenvalue weighted by Gasteiger charge is -2.09. The van der Waals surface area contributed by atoms with Crippen LogP contribution in [0.15, 0.2) is 42.7 Å². The molecule has 5 heteroatoms. The maximum atomic E-state index is 11.2. The van der Waals surface area contributed by atoms with Crippen molar-refractivity contribution in [1.82, 2.24) is 4.98 Å². The quantitative estimate of drug-likeness (QED) is 0.862. The molecule has 0 fully saturated rings. The Morgan fingerprint density at radius 2 is 1.39 bits per heavy atom. The molecule has 0 radical (unpaired) electrons. The lowest BCUT2D eigenvalue weighted by molar-refractivity contribution is 0.0696. The fourth-order valence-corrected chi connectivity index (χ4v) is 1.74. The molecule has 1 heterocycles. The van der Waals surface area contributed by atoms with Gasteiger partial charge in [0.1, 0.15) is 0 Å². The molecule has 2 N–H and O–H groups in total. The predicted octanol–water partition coefficient (Wildman–Crippen LogP) is 2.15. The van der Waals surface area contributed by atoms with Crippen LogP contribution in [0.5, 0.6) is 0 Å². The van der Waals surface area contributed by atoms with Crippen LogP contribution in [0.4, 0.5) is 0 Å². The van der Waals surface area contributed by atoms with Crippen molar-refractivity contribution in [3.05, 3.63) is 53.9 Å². The zero-order valence-corrected chi connectivity index (χ0v) is 9.20. The summed E-state index contributed by atoms with van der Waals surface area (Å²) < 4.78 is 0. The Kier molecular flexibility index (Phi) is 3.05. The fraction of sp³-hybridized carbons (Fsp3) is 0. The van der Waals surface area contributed by atoms with Gasteiger partial charge in [0.05, 0.1) is 11.1 Å². The number of carboxylic acid groups (broad SMARTS) is 2. The lowest BCUT2D eigenvalue weighted by Crippen LogP contribution is -2.06. The summed E-state index contributed by atoms with van der Waals surface area (Å²) in [5.41, 5.74) is 0.627. The summed E-state index contributed by atoms with van der Waals surface area (Å²) in [7, 11) is 0. The largest absolute Gasteiger partial charge is 0.478 e. The van der Waals surface area contributed by atoms with Gasteiger partial charge in [-0.15, -0.1) is 0 Å². The van der Waals surface area contributed by atoms with Crippen molar-refractivity contribution in [1.29, 1.82) is 0 Å². The van der Waals surface area contributed by atoms with Crippen LogP contribution in [0.3, 0.4) is 0 Å². The van der Waals surface area contributed by atoms with E-state index < -0.39 is 11.9 Å². The van der Waals surface area contributed by atoms with Crippen LogP contribution in [0, 0.1) is 0 Å². The van der Waals surface area contributed by atoms with Crippen LogP contribution >= 0.6 is 0 Å². The van der Waals surface area contributed by atoms with Crippen molar-refractivity contribution < 1.29 is 19.8 Å². The molecular formula is C13H9NO4. The Balaban J connectivity index is 2.77. The number of carbonyl (C=O) groups is 2. The fourth-order valence-electron chi connectivity index (χ4n) is 1.74. The first kappa shape index (κ1) is 11.8. The van der Waals surface area contributed by atoms with Crippen molar-refractivity contribution in [2.75, 3.05) is 0 Å². The molecule has 0 aliphatic rings. The van der Waals surface area contributed by atoms with Gasteiger partial charge in [-0.2, -0.15) is 0 Å². The molecule has 1 aromatic heterocycles. The normalized spacial score (nSPS) is 10.0. The molecule has 90 valence electrons. The Labute approximate surface area is 102 Å². The second kappa shape index (κ2) is 4.67. The number of carboxylic acids is 2. The van der Waals surface area contributed by atoms with Crippen LogP contribution in [-0.4, -0.2) is 27.1 Å². The summed E-state index contributed by atoms with van der Waals surface area (Å²) in [5.74, 6) is -2.32. The van der Waals surface area contributed by atoms with Gasteiger partial charge in [0, 0.05) is 18.0 Å². The predicted molar refractivity (Wildman–Crippen MR) is 63.6 cm³/mol. The monoisotopic (exact) mass is 243 g/mol. The van der Waals surface area contributed by atoms with Gasteiger partial charge in [-0.25, -0.2) is 9.59 Å². The number of hydrogen-bond acceptors (Lipinski definition) is 3. The molecule has 0 atom stereocenters. The van der Waals surface area contributed by atoms with Crippen LogP contribution < -0.4 is 0 Å². The lowest BCUT2D eigenvalue weighted by atomic mass is 9.95. The summed E-state index contributed by atoms with van der Waals surface area (Å²) in [4.78, 5) is 26.1. The highest BCUT2D eigenvalue weighted by atomic mass is 16.4. The number of nitrogens with zero attached hydrogens (tertiary/aromatic N) is 1. The highest BCUT2D eigenvalue weighted by Crippen LogP contribution is 2.27. The molecule has 2 aromatic rings. The van der Waals surface area contributed by atoms with Crippen molar-refractivity contribution in [2.45, 2.75) is 0 Å². The highest BCUT2D eigenvalue weighted by molar-refractivity contribution is 6.04. The molecule has 0 spiro atoms. The molecular weight excluding hydrogens is 234 g/mol. The Bertz CT molecular complexity index is 575. The number of pyridine rings is 1. The molecule has 0 bridgehead atoms. The first-order valence-corrected chi connectivity index (χ1v) is 5.11. The SMILES string of the molecule is O=C(O)c1cccc(C(=O)O)c1-c1ccncc1. The number of aromatic carboxylic acids is 2. The third-order valence-electron chi connectivity index (χ3n) is 2.49. The summed E-state index contributed by atoms with van der Waals surface area (Å²) in [6.45, 7) is 0. The second-order valence-corrected chi connectivity index (χ2v) is 3.57. The molecule has 1 aromatic carbocycles. The van der Waals surface area contributed by atoms with Crippen LogP contribution in [-0.2, 0) is 0 Å². The minimum Gasteiger partial charge on any atom is -0.478 e. The minimum atomic E-state index is -1.16. The molecule has 0 saturated heterocycles. The molecule has 2 rings (SSSR count). The topological polar surface area (TPSA) is 87.5 Å². The number of rotatable bonds is 3. The van der Waals surface area contributed by atoms with Crippen molar-refractivity contribution in [2.24, 2.45) is 0 Å². The van der Waals surface area contributed by atoms with E-state index in [-0.39, 0.29) is 16.7 Å². The van der Waals surface area contributed by atoms with E-state index >= 15 is 0 Å². The smallest absolute Gasteiger partial charge is 0.336 e. The minimum absolute atomic E-state index is 0.0406. The molecule has 0 aliphatic heterocycles. The van der Waals surface area contributed by atoms with Gasteiger partial charge in [0.25, 0.3) is 0 Å². The average molecular weight is 243 g/mol. The zero-order valence-electron chi connectivity index (χ0n) is 9.20. The van der Waals surface area contributed by atoms with Gasteiger partial charge in [-0.3, -0.25) is 4.98 Å². The summed E-state index contributed by atoms with van der Waals surface area (Å²) in [5, 5.41) is 18.2. The van der Waals surface area contributed by atoms with Crippen molar-refractivity contribution >= 4 is 11.9 Å². The van der Waals surface area contributed by atoms with E-state index in [0.717, 1.165) is 0 Å². The molecule has 0 aliphatic carbocycles. The van der Waals surface area contributed by atoms with E-state index in [4.69, 9.17) is 10.2 Å². The van der Waals surface area contributed by atoms with E-state index in [1.54, 1.807) is 12.1 Å². The maximum Gasteiger partial charge on any atom is 0.336 e. The molecule has 0 amide bonds. The van der Waals surface area contributed by atoms with Gasteiger partial charge in [0.15, 0.2) is 0 Å². The maximum absolute atomic E-state index is 11.2. The Hall–Kier alpha value is -2.69. The van der Waals surface area contributed by atoms with Crippen LogP contribution in [0.2, 0.25) is 0 Å². The van der Waals surface area contributed by atoms with E-state index in [1.165, 1.54) is 30.6 Å². The summed E-state index contributed by atoms with van der Waals surface area (Å²) in [6, 6.07) is 7.33. The van der Waals surface area contributed by atoms with E-state index in [1.807, 2.05) is 0 Å². The third-order valence-corrected chi connectivity index (χ3v) is 2.49. The van der Waals surface area contributed by atoms with E-state index in [0.29, 0.717) is 5.56 Å². The molecule has 0 unspecified atom stereocenters. The number of benzene rings is 1. The van der Waals surface area contributed by atoms with Gasteiger partial charge in [-0.05, 0) is 29.8 Å². The molecule has 0 saturated carbocycles. The van der Waals surface area contributed by atoms with Gasteiger partial charge in [0.2, 0.25) is 0 Å². The Morgan fingerprint density at radius 3 is 1.83 bits per heavy atom. The van der Waals surface area contributed by atoms with Crippen molar-refractivity contribution in [3.63, 3.8) is 0 Å². The average Bonchev–Trinajstić information content (AvgIpc) is 2.38. The molecule has 18 heavy (non-hydrogen) atoms. The molecule has 5 nitrogen and oxygen atoms in total. The van der Waals surface area contributed by atoms with E-state index in [2.05, 4.69) is 4.98 Å². The first-order valence-electron chi connectivity index (χ1n) is 5.11. The second-order valence-electron chi connectivity index (χ2n) is 3.57. The number of aromatic nitrogens is 1. The van der Waals surface area contributed by atoms with Gasteiger partial charge in [-0.1, -0.05) is 6.07 Å². The number of hydrogen-bond donors (Lipinski definition) is 2. The van der Waals surface area contributed by atoms with E-state index in [9.17, 15) is 9.59 Å². The summed E-state index contributed by atoms with van der Waals surface area (Å²) >= 11 is 0. The summed E-state index contributed by atoms with van der Waals surface area (Å²) in [6.07, 6.45) is 2.97. The zero-order chi connectivity index (χ0) is 13.1. The standard InChI is InChI=1S/C13H9NO4/c15-12(16)9-2-1-3-10(13(17)18)11(9)8-4-6-14-7-5-8/h1-7H,(H,15,16)(H,17,18). The van der Waals surface area contributed by atoms with Crippen molar-refractivity contribution in [3.8, 4) is 11.1 Å². The Morgan fingerprint density at radius 1 is 0.889 bits per heavy atom. The van der Waals surface area contributed by atoms with Crippen LogP contribution in [0.1, 0.15) is 20.7 Å². The highest BCUT2D eigenvalue weighted by Gasteiger charge is 2.19. The van der Waals surface area contributed by atoms with Gasteiger partial charge < -0.3 is 10.2 Å².